The van der Waals surface area contributed by atoms with Crippen LogP contribution in [0.3, 0.4) is 0 Å². The molecule has 208 valence electrons. The first-order chi connectivity index (χ1) is 17.6. The van der Waals surface area contributed by atoms with Crippen LogP contribution in [0.25, 0.3) is 0 Å². The first-order valence-corrected chi connectivity index (χ1v) is 12.6. The van der Waals surface area contributed by atoms with E-state index in [1.807, 2.05) is 0 Å². The number of carboxylic acid groups (broad SMARTS) is 1. The number of rotatable bonds is 14. The lowest BCUT2D eigenvalue weighted by molar-refractivity contribution is -0.143. The standard InChI is InChI=1S/C22H40N10O5/c23-21(24)28-10-1-5-13(17(33)31-15(20(36)37)7-3-11-29-22(25)26)30-18(34)16-8-4-12-32(16)19(35)14-6-2-9-27-14/h13-16,27H,1-12H2,(H,30,34)(H,31,33)(H,36,37)(H4,23,24,28)(H4,25,26,29). The minimum Gasteiger partial charge on any atom is -0.480 e. The summed E-state index contributed by atoms with van der Waals surface area (Å²) >= 11 is 0. The van der Waals surface area contributed by atoms with Crippen molar-refractivity contribution in [3.8, 4) is 0 Å². The fourth-order valence-corrected chi connectivity index (χ4v) is 4.47. The Labute approximate surface area is 215 Å². The number of nitrogens with zero attached hydrogens (tertiary/aromatic N) is 3. The third-order valence-electron chi connectivity index (χ3n) is 6.34. The molecular formula is C22H40N10O5. The molecule has 2 saturated heterocycles. The average Bonchev–Trinajstić information content (AvgIpc) is 3.54. The molecule has 0 bridgehead atoms. The predicted octanol–water partition coefficient (Wildman–Crippen LogP) is -3.11. The molecule has 12 N–H and O–H groups in total. The van der Waals surface area contributed by atoms with Crippen molar-refractivity contribution in [3.05, 3.63) is 0 Å². The van der Waals surface area contributed by atoms with E-state index < -0.39 is 35.9 Å². The molecule has 2 heterocycles. The number of likely N-dealkylation sites (tertiary alicyclic amines) is 1. The lowest BCUT2D eigenvalue weighted by Gasteiger charge is -2.28. The number of hydrogen-bond donors (Lipinski definition) is 8. The number of hydrogen-bond acceptors (Lipinski definition) is 7. The molecular weight excluding hydrogens is 484 g/mol. The Kier molecular flexibility index (Phi) is 11.9. The van der Waals surface area contributed by atoms with Crippen molar-refractivity contribution in [2.24, 2.45) is 32.9 Å². The number of amides is 3. The maximum Gasteiger partial charge on any atom is 0.326 e. The third kappa shape index (κ3) is 9.74. The van der Waals surface area contributed by atoms with Gasteiger partial charge in [-0.25, -0.2) is 4.79 Å². The lowest BCUT2D eigenvalue weighted by Crippen LogP contribution is -2.56. The number of aliphatic carboxylic acids is 1. The first kappa shape index (κ1) is 29.6. The molecule has 3 amide bonds. The van der Waals surface area contributed by atoms with Gasteiger partial charge in [-0.1, -0.05) is 0 Å². The van der Waals surface area contributed by atoms with E-state index in [4.69, 9.17) is 22.9 Å². The van der Waals surface area contributed by atoms with Gasteiger partial charge in [0.1, 0.15) is 18.1 Å². The van der Waals surface area contributed by atoms with Gasteiger partial charge < -0.3 is 48.9 Å². The number of carboxylic acids is 1. The highest BCUT2D eigenvalue weighted by Gasteiger charge is 2.39. The van der Waals surface area contributed by atoms with Gasteiger partial charge in [-0.3, -0.25) is 24.4 Å². The number of guanidine groups is 2. The number of carbonyl (C=O) groups is 4. The molecule has 0 aromatic carbocycles. The molecule has 15 heteroatoms. The Balaban J connectivity index is 2.06. The minimum absolute atomic E-state index is 0.0891. The van der Waals surface area contributed by atoms with Crippen molar-refractivity contribution in [2.75, 3.05) is 26.2 Å². The fraction of sp³-hybridized carbons (Fsp3) is 0.727. The van der Waals surface area contributed by atoms with Crippen molar-refractivity contribution in [1.29, 1.82) is 0 Å². The van der Waals surface area contributed by atoms with Crippen molar-refractivity contribution in [1.82, 2.24) is 20.9 Å². The monoisotopic (exact) mass is 524 g/mol. The van der Waals surface area contributed by atoms with Crippen molar-refractivity contribution >= 4 is 35.6 Å². The molecule has 0 aromatic heterocycles. The second-order valence-electron chi connectivity index (χ2n) is 9.20. The van der Waals surface area contributed by atoms with Crippen LogP contribution in [-0.2, 0) is 19.2 Å². The van der Waals surface area contributed by atoms with E-state index in [1.54, 1.807) is 4.90 Å². The van der Waals surface area contributed by atoms with Gasteiger partial charge >= 0.3 is 5.97 Å². The maximum atomic E-state index is 13.2. The summed E-state index contributed by atoms with van der Waals surface area (Å²) in [6, 6.07) is -3.24. The highest BCUT2D eigenvalue weighted by molar-refractivity contribution is 5.94. The largest absolute Gasteiger partial charge is 0.480 e. The second-order valence-corrected chi connectivity index (χ2v) is 9.20. The van der Waals surface area contributed by atoms with E-state index in [9.17, 15) is 24.3 Å². The summed E-state index contributed by atoms with van der Waals surface area (Å²) in [7, 11) is 0. The average molecular weight is 525 g/mol. The van der Waals surface area contributed by atoms with E-state index >= 15 is 0 Å². The topological polar surface area (TPSA) is 257 Å². The van der Waals surface area contributed by atoms with Crippen molar-refractivity contribution in [2.45, 2.75) is 75.5 Å². The Morgan fingerprint density at radius 1 is 0.919 bits per heavy atom. The van der Waals surface area contributed by atoms with Gasteiger partial charge in [-0.15, -0.1) is 0 Å². The van der Waals surface area contributed by atoms with E-state index in [1.165, 1.54) is 0 Å². The van der Waals surface area contributed by atoms with E-state index in [0.29, 0.717) is 32.2 Å². The van der Waals surface area contributed by atoms with Crippen LogP contribution in [0.1, 0.15) is 51.4 Å². The van der Waals surface area contributed by atoms with Crippen LogP contribution >= 0.6 is 0 Å². The molecule has 2 aliphatic heterocycles. The number of aliphatic imine (C=N–C) groups is 2. The zero-order chi connectivity index (χ0) is 27.4. The van der Waals surface area contributed by atoms with Crippen LogP contribution in [0.15, 0.2) is 9.98 Å². The second kappa shape index (κ2) is 14.8. The van der Waals surface area contributed by atoms with Crippen LogP contribution in [0.5, 0.6) is 0 Å². The van der Waals surface area contributed by atoms with E-state index in [2.05, 4.69) is 25.9 Å². The van der Waals surface area contributed by atoms with Gasteiger partial charge in [0, 0.05) is 19.6 Å². The summed E-state index contributed by atoms with van der Waals surface area (Å²) in [6.45, 7) is 1.66. The van der Waals surface area contributed by atoms with E-state index in [-0.39, 0.29) is 49.8 Å². The molecule has 2 fully saturated rings. The molecule has 2 aliphatic rings. The number of carbonyl (C=O) groups excluding carboxylic acids is 3. The number of nitrogens with two attached hydrogens (primary N) is 4. The predicted molar refractivity (Wildman–Crippen MR) is 137 cm³/mol. The van der Waals surface area contributed by atoms with Crippen LogP contribution in [0.2, 0.25) is 0 Å². The summed E-state index contributed by atoms with van der Waals surface area (Å²) in [5.41, 5.74) is 21.3. The van der Waals surface area contributed by atoms with Crippen LogP contribution in [0, 0.1) is 0 Å². The SMILES string of the molecule is NC(N)=NCCCC(NC(=O)C(CCCN=C(N)N)NC(=O)C1CCCN1C(=O)C1CCCN1)C(=O)O. The molecule has 4 unspecified atom stereocenters. The number of nitrogens with one attached hydrogen (secondary N) is 3. The summed E-state index contributed by atoms with van der Waals surface area (Å²) in [5.74, 6) is -2.65. The van der Waals surface area contributed by atoms with Gasteiger partial charge in [0.2, 0.25) is 17.7 Å². The Hall–Kier alpha value is -3.62. The summed E-state index contributed by atoms with van der Waals surface area (Å²) in [5, 5.41) is 17.9. The molecule has 0 saturated carbocycles. The molecule has 4 atom stereocenters. The maximum absolute atomic E-state index is 13.2. The molecule has 0 aliphatic carbocycles. The van der Waals surface area contributed by atoms with Gasteiger partial charge in [-0.2, -0.15) is 0 Å². The van der Waals surface area contributed by atoms with Crippen LogP contribution in [-0.4, -0.2) is 96.0 Å². The zero-order valence-corrected chi connectivity index (χ0v) is 21.0. The highest BCUT2D eigenvalue weighted by Crippen LogP contribution is 2.21. The Morgan fingerprint density at radius 3 is 2.08 bits per heavy atom. The summed E-state index contributed by atoms with van der Waals surface area (Å²) < 4.78 is 0. The lowest BCUT2D eigenvalue weighted by atomic mass is 10.1. The zero-order valence-electron chi connectivity index (χ0n) is 21.0. The molecule has 0 spiro atoms. The van der Waals surface area contributed by atoms with Crippen molar-refractivity contribution in [3.63, 3.8) is 0 Å². The molecule has 0 aromatic rings. The molecule has 15 nitrogen and oxygen atoms in total. The van der Waals surface area contributed by atoms with Crippen LogP contribution < -0.4 is 38.9 Å². The van der Waals surface area contributed by atoms with E-state index in [0.717, 1.165) is 19.4 Å². The van der Waals surface area contributed by atoms with Crippen LogP contribution in [0.4, 0.5) is 0 Å². The Morgan fingerprint density at radius 2 is 1.54 bits per heavy atom. The van der Waals surface area contributed by atoms with Crippen molar-refractivity contribution < 1.29 is 24.3 Å². The smallest absolute Gasteiger partial charge is 0.326 e. The minimum atomic E-state index is -1.22. The molecule has 2 rings (SSSR count). The summed E-state index contributed by atoms with van der Waals surface area (Å²) in [6.07, 6.45) is 3.72. The fourth-order valence-electron chi connectivity index (χ4n) is 4.47. The normalized spacial score (nSPS) is 20.5. The van der Waals surface area contributed by atoms with Gasteiger partial charge in [0.05, 0.1) is 6.04 Å². The molecule has 0 radical (unpaired) electrons. The van der Waals surface area contributed by atoms with Gasteiger partial charge in [0.15, 0.2) is 11.9 Å². The first-order valence-electron chi connectivity index (χ1n) is 12.6. The van der Waals surface area contributed by atoms with Gasteiger partial charge in [-0.05, 0) is 57.9 Å². The Bertz CT molecular complexity index is 866. The highest BCUT2D eigenvalue weighted by atomic mass is 16.4. The summed E-state index contributed by atoms with van der Waals surface area (Å²) in [4.78, 5) is 60.2. The third-order valence-corrected chi connectivity index (χ3v) is 6.34. The quantitative estimate of drug-likeness (QED) is 0.0644. The van der Waals surface area contributed by atoms with Gasteiger partial charge in [0.25, 0.3) is 0 Å². The molecule has 37 heavy (non-hydrogen) atoms.